The number of benzene rings is 1. The minimum absolute atomic E-state index is 0.427. The number of hydrogen-bond acceptors (Lipinski definition) is 5. The van der Waals surface area contributed by atoms with E-state index in [-0.39, 0.29) is 0 Å². The molecule has 0 amide bonds. The van der Waals surface area contributed by atoms with Crippen molar-refractivity contribution in [3.8, 4) is 5.75 Å². The highest BCUT2D eigenvalue weighted by molar-refractivity contribution is 7.18. The van der Waals surface area contributed by atoms with Crippen molar-refractivity contribution in [2.24, 2.45) is 0 Å². The van der Waals surface area contributed by atoms with E-state index >= 15 is 0 Å². The van der Waals surface area contributed by atoms with Crippen LogP contribution >= 0.6 is 11.3 Å². The minimum Gasteiger partial charge on any atom is -0.512 e. The zero-order valence-corrected chi connectivity index (χ0v) is 8.28. The van der Waals surface area contributed by atoms with Crippen LogP contribution in [0.15, 0.2) is 18.2 Å². The first kappa shape index (κ1) is 9.45. The number of hydrogen-bond donors (Lipinski definition) is 2. The van der Waals surface area contributed by atoms with Crippen molar-refractivity contribution in [1.29, 1.82) is 0 Å². The highest BCUT2D eigenvalue weighted by Gasteiger charge is 2.11. The molecule has 14 heavy (non-hydrogen) atoms. The molecule has 2 rings (SSSR count). The van der Waals surface area contributed by atoms with Crippen LogP contribution in [0.2, 0.25) is 0 Å². The number of aryl methyl sites for hydroxylation is 1. The quantitative estimate of drug-likeness (QED) is 0.723. The SMILES string of the molecule is Cc1nc2ccc(OB(O)O)cc2s1. The maximum Gasteiger partial charge on any atom is 0.707 e. The summed E-state index contributed by atoms with van der Waals surface area (Å²) in [5.41, 5.74) is 0.896. The average molecular weight is 209 g/mol. The van der Waals surface area contributed by atoms with E-state index in [1.165, 1.54) is 11.3 Å². The Bertz CT molecular complexity index is 457. The fourth-order valence-electron chi connectivity index (χ4n) is 1.22. The standard InChI is InChI=1S/C8H8BNO3S/c1-5-10-7-3-2-6(13-9(11)12)4-8(7)14-5/h2-4,11-12H,1H3. The summed E-state index contributed by atoms with van der Waals surface area (Å²) in [5, 5.41) is 18.2. The molecule has 4 nitrogen and oxygen atoms in total. The monoisotopic (exact) mass is 209 g/mol. The molecule has 1 heterocycles. The molecule has 0 unspecified atom stereocenters. The van der Waals surface area contributed by atoms with Gasteiger partial charge in [-0.25, -0.2) is 4.98 Å². The summed E-state index contributed by atoms with van der Waals surface area (Å²) in [6.07, 6.45) is 0. The zero-order chi connectivity index (χ0) is 10.1. The van der Waals surface area contributed by atoms with Gasteiger partial charge in [-0.05, 0) is 25.1 Å². The van der Waals surface area contributed by atoms with E-state index in [4.69, 9.17) is 14.7 Å². The summed E-state index contributed by atoms with van der Waals surface area (Å²) in [6, 6.07) is 5.18. The number of aromatic nitrogens is 1. The highest BCUT2D eigenvalue weighted by atomic mass is 32.1. The van der Waals surface area contributed by atoms with Crippen molar-refractivity contribution in [2.45, 2.75) is 6.92 Å². The zero-order valence-electron chi connectivity index (χ0n) is 7.47. The van der Waals surface area contributed by atoms with Gasteiger partial charge in [-0.2, -0.15) is 0 Å². The molecule has 1 aromatic heterocycles. The Morgan fingerprint density at radius 1 is 1.43 bits per heavy atom. The van der Waals surface area contributed by atoms with Crippen molar-refractivity contribution >= 4 is 28.9 Å². The van der Waals surface area contributed by atoms with Crippen molar-refractivity contribution in [1.82, 2.24) is 4.98 Å². The Balaban J connectivity index is 2.40. The number of rotatable bonds is 2. The van der Waals surface area contributed by atoms with Gasteiger partial charge in [-0.1, -0.05) is 0 Å². The third-order valence-corrected chi connectivity index (χ3v) is 2.64. The third-order valence-electron chi connectivity index (χ3n) is 1.71. The van der Waals surface area contributed by atoms with E-state index in [2.05, 4.69) is 4.98 Å². The van der Waals surface area contributed by atoms with E-state index in [9.17, 15) is 0 Å². The van der Waals surface area contributed by atoms with Crippen LogP contribution in [0.25, 0.3) is 10.2 Å². The lowest BCUT2D eigenvalue weighted by molar-refractivity contribution is 0.288. The summed E-state index contributed by atoms with van der Waals surface area (Å²) in [7, 11) is -1.78. The molecule has 2 N–H and O–H groups in total. The summed E-state index contributed by atoms with van der Waals surface area (Å²) in [4.78, 5) is 4.27. The van der Waals surface area contributed by atoms with Crippen LogP contribution in [0.5, 0.6) is 5.75 Å². The van der Waals surface area contributed by atoms with Gasteiger partial charge in [0.15, 0.2) is 0 Å². The topological polar surface area (TPSA) is 62.6 Å². The van der Waals surface area contributed by atoms with E-state index in [0.29, 0.717) is 5.75 Å². The Kier molecular flexibility index (Phi) is 2.41. The largest absolute Gasteiger partial charge is 0.707 e. The first-order valence-corrected chi connectivity index (χ1v) is 4.87. The molecule has 6 heteroatoms. The van der Waals surface area contributed by atoms with Crippen LogP contribution in [0, 0.1) is 6.92 Å². The lowest BCUT2D eigenvalue weighted by atomic mass is 10.2. The van der Waals surface area contributed by atoms with Gasteiger partial charge >= 0.3 is 7.32 Å². The average Bonchev–Trinajstić information content (AvgIpc) is 2.42. The van der Waals surface area contributed by atoms with Gasteiger partial charge in [0, 0.05) is 0 Å². The Labute approximate surface area is 85.0 Å². The molecule has 0 radical (unpaired) electrons. The molecule has 0 atom stereocenters. The third kappa shape index (κ3) is 1.87. The maximum atomic E-state index is 8.60. The Morgan fingerprint density at radius 2 is 2.21 bits per heavy atom. The van der Waals surface area contributed by atoms with Crippen LogP contribution in [0.3, 0.4) is 0 Å². The first-order valence-electron chi connectivity index (χ1n) is 4.05. The van der Waals surface area contributed by atoms with E-state index < -0.39 is 7.32 Å². The fraction of sp³-hybridized carbons (Fsp3) is 0.125. The normalized spacial score (nSPS) is 10.5. The lowest BCUT2D eigenvalue weighted by Gasteiger charge is -2.02. The molecule has 0 bridgehead atoms. The van der Waals surface area contributed by atoms with Crippen LogP contribution in [-0.4, -0.2) is 22.4 Å². The molecular weight excluding hydrogens is 201 g/mol. The first-order chi connectivity index (χ1) is 6.65. The van der Waals surface area contributed by atoms with Gasteiger partial charge in [-0.15, -0.1) is 11.3 Å². The number of fused-ring (bicyclic) bond motifs is 1. The molecule has 0 aliphatic carbocycles. The van der Waals surface area contributed by atoms with Crippen LogP contribution in [-0.2, 0) is 0 Å². The predicted molar refractivity (Wildman–Crippen MR) is 55.2 cm³/mol. The molecule has 0 saturated carbocycles. The molecule has 0 aliphatic rings. The Hall–Kier alpha value is -1.11. The molecule has 0 spiro atoms. The molecule has 1 aromatic carbocycles. The van der Waals surface area contributed by atoms with E-state index in [0.717, 1.165) is 15.2 Å². The molecule has 2 aromatic rings. The second-order valence-corrected chi connectivity index (χ2v) is 4.04. The summed E-state index contributed by atoms with van der Waals surface area (Å²) >= 11 is 1.54. The van der Waals surface area contributed by atoms with Crippen molar-refractivity contribution in [3.63, 3.8) is 0 Å². The second kappa shape index (κ2) is 3.57. The fourth-order valence-corrected chi connectivity index (χ4v) is 2.07. The van der Waals surface area contributed by atoms with Crippen LogP contribution in [0.4, 0.5) is 0 Å². The molecule has 0 saturated heterocycles. The molecule has 0 fully saturated rings. The second-order valence-electron chi connectivity index (χ2n) is 2.81. The van der Waals surface area contributed by atoms with Gasteiger partial charge < -0.3 is 14.7 Å². The minimum atomic E-state index is -1.78. The van der Waals surface area contributed by atoms with Gasteiger partial charge in [0.05, 0.1) is 15.2 Å². The smallest absolute Gasteiger partial charge is 0.512 e. The predicted octanol–water partition coefficient (Wildman–Crippen LogP) is 0.953. The highest BCUT2D eigenvalue weighted by Crippen LogP contribution is 2.25. The van der Waals surface area contributed by atoms with E-state index in [1.54, 1.807) is 18.2 Å². The van der Waals surface area contributed by atoms with E-state index in [1.807, 2.05) is 6.92 Å². The Morgan fingerprint density at radius 3 is 2.93 bits per heavy atom. The van der Waals surface area contributed by atoms with Crippen LogP contribution in [0.1, 0.15) is 5.01 Å². The van der Waals surface area contributed by atoms with Gasteiger partial charge in [-0.3, -0.25) is 0 Å². The summed E-state index contributed by atoms with van der Waals surface area (Å²) in [5.74, 6) is 0.427. The van der Waals surface area contributed by atoms with Crippen molar-refractivity contribution < 1.29 is 14.7 Å². The summed E-state index contributed by atoms with van der Waals surface area (Å²) < 4.78 is 5.69. The number of thiazole rings is 1. The van der Waals surface area contributed by atoms with Crippen LogP contribution < -0.4 is 4.65 Å². The van der Waals surface area contributed by atoms with Gasteiger partial charge in [0.2, 0.25) is 0 Å². The molecular formula is C8H8BNO3S. The van der Waals surface area contributed by atoms with Gasteiger partial charge in [0.1, 0.15) is 5.75 Å². The van der Waals surface area contributed by atoms with Crippen molar-refractivity contribution in [2.75, 3.05) is 0 Å². The molecule has 0 aliphatic heterocycles. The number of nitrogens with zero attached hydrogens (tertiary/aromatic N) is 1. The maximum absolute atomic E-state index is 8.60. The van der Waals surface area contributed by atoms with Crippen molar-refractivity contribution in [3.05, 3.63) is 23.2 Å². The van der Waals surface area contributed by atoms with Gasteiger partial charge in [0.25, 0.3) is 0 Å². The molecule has 72 valence electrons. The summed E-state index contributed by atoms with van der Waals surface area (Å²) in [6.45, 7) is 1.92. The lowest BCUT2D eigenvalue weighted by Crippen LogP contribution is -2.20.